The minimum atomic E-state index is 0.00735. The van der Waals surface area contributed by atoms with Gasteiger partial charge in [-0.25, -0.2) is 9.97 Å². The second kappa shape index (κ2) is 9.75. The average molecular weight is 490 g/mol. The zero-order valence-corrected chi connectivity index (χ0v) is 21.7. The van der Waals surface area contributed by atoms with E-state index in [0.29, 0.717) is 18.5 Å². The topological polar surface area (TPSA) is 70.6 Å². The molecule has 0 radical (unpaired) electrons. The Morgan fingerprint density at radius 3 is 2.81 bits per heavy atom. The van der Waals surface area contributed by atoms with Crippen LogP contribution in [0, 0.1) is 5.92 Å². The molecule has 1 amide bonds. The predicted molar refractivity (Wildman–Crippen MR) is 140 cm³/mol. The molecular formula is C29H39N5O2. The molecule has 3 aliphatic heterocycles. The van der Waals surface area contributed by atoms with Gasteiger partial charge in [0.15, 0.2) is 0 Å². The summed E-state index contributed by atoms with van der Waals surface area (Å²) >= 11 is 0. The van der Waals surface area contributed by atoms with Crippen molar-refractivity contribution in [2.24, 2.45) is 5.92 Å². The van der Waals surface area contributed by atoms with Gasteiger partial charge < -0.3 is 19.9 Å². The van der Waals surface area contributed by atoms with Crippen LogP contribution in [0.5, 0.6) is 0 Å². The van der Waals surface area contributed by atoms with E-state index in [2.05, 4.69) is 58.3 Å². The van der Waals surface area contributed by atoms with Gasteiger partial charge in [0.05, 0.1) is 17.8 Å². The summed E-state index contributed by atoms with van der Waals surface area (Å²) in [6, 6.07) is 11.1. The summed E-state index contributed by atoms with van der Waals surface area (Å²) in [4.78, 5) is 28.0. The van der Waals surface area contributed by atoms with Crippen molar-refractivity contribution in [2.45, 2.75) is 82.0 Å². The average Bonchev–Trinajstić information content (AvgIpc) is 2.88. The lowest BCUT2D eigenvalue weighted by Crippen LogP contribution is -2.50. The molecule has 36 heavy (non-hydrogen) atoms. The van der Waals surface area contributed by atoms with Gasteiger partial charge in [-0.3, -0.25) is 4.79 Å². The van der Waals surface area contributed by atoms with E-state index in [0.717, 1.165) is 51.1 Å². The summed E-state index contributed by atoms with van der Waals surface area (Å²) < 4.78 is 6.09. The van der Waals surface area contributed by atoms with Crippen LogP contribution in [-0.2, 0) is 22.5 Å². The van der Waals surface area contributed by atoms with Crippen molar-refractivity contribution in [3.8, 4) is 0 Å². The second-order valence-electron chi connectivity index (χ2n) is 11.6. The second-order valence-corrected chi connectivity index (χ2v) is 11.6. The van der Waals surface area contributed by atoms with E-state index < -0.39 is 0 Å². The number of amides is 1. The van der Waals surface area contributed by atoms with Crippen molar-refractivity contribution >= 4 is 11.9 Å². The van der Waals surface area contributed by atoms with E-state index in [4.69, 9.17) is 9.72 Å². The normalized spacial score (nSPS) is 29.9. The summed E-state index contributed by atoms with van der Waals surface area (Å²) in [5.74, 6) is 1.20. The van der Waals surface area contributed by atoms with Crippen LogP contribution in [0.15, 0.2) is 36.5 Å². The largest absolute Gasteiger partial charge is 0.375 e. The highest BCUT2D eigenvalue weighted by Gasteiger charge is 2.43. The number of likely N-dealkylation sites (N-methyl/N-ethyl adjacent to an activating group) is 1. The zero-order valence-electron chi connectivity index (χ0n) is 21.7. The van der Waals surface area contributed by atoms with E-state index in [1.807, 2.05) is 12.3 Å². The van der Waals surface area contributed by atoms with Crippen molar-refractivity contribution in [3.05, 3.63) is 53.3 Å². The maximum absolute atomic E-state index is 14.0. The molecule has 4 aliphatic rings. The maximum Gasteiger partial charge on any atom is 0.227 e. The molecule has 1 aliphatic carbocycles. The van der Waals surface area contributed by atoms with Crippen molar-refractivity contribution in [3.63, 3.8) is 0 Å². The molecule has 1 aromatic carbocycles. The van der Waals surface area contributed by atoms with Gasteiger partial charge in [0.1, 0.15) is 0 Å². The van der Waals surface area contributed by atoms with Crippen molar-refractivity contribution in [1.82, 2.24) is 19.8 Å². The molecule has 2 aromatic rings. The van der Waals surface area contributed by atoms with Crippen LogP contribution >= 0.6 is 0 Å². The summed E-state index contributed by atoms with van der Waals surface area (Å²) in [7, 11) is 2.16. The summed E-state index contributed by atoms with van der Waals surface area (Å²) in [5.41, 5.74) is 3.52. The molecule has 3 fully saturated rings. The summed E-state index contributed by atoms with van der Waals surface area (Å²) in [6.45, 7) is 5.42. The minimum absolute atomic E-state index is 0.00735. The SMILES string of the molecule is C[C@@H]1Cc2cnc(N[C@@H]3CCOC4(CCC4)C3)nc2CN1C(=O)[C@H]1CCN(C)C[C@@H]1c1ccccc1. The fourth-order valence-electron chi connectivity index (χ4n) is 6.77. The van der Waals surface area contributed by atoms with E-state index in [1.165, 1.54) is 30.4 Å². The van der Waals surface area contributed by atoms with Gasteiger partial charge in [-0.2, -0.15) is 0 Å². The van der Waals surface area contributed by atoms with Crippen LogP contribution in [0.4, 0.5) is 5.95 Å². The molecule has 4 heterocycles. The first-order valence-corrected chi connectivity index (χ1v) is 13.8. The number of nitrogens with zero attached hydrogens (tertiary/aromatic N) is 4. The fraction of sp³-hybridized carbons (Fsp3) is 0.621. The molecular weight excluding hydrogens is 450 g/mol. The third-order valence-corrected chi connectivity index (χ3v) is 9.06. The zero-order chi connectivity index (χ0) is 24.7. The monoisotopic (exact) mass is 489 g/mol. The number of piperidine rings is 1. The summed E-state index contributed by atoms with van der Waals surface area (Å²) in [6.07, 6.45) is 9.32. The highest BCUT2D eigenvalue weighted by Crippen LogP contribution is 2.43. The number of hydrogen-bond acceptors (Lipinski definition) is 6. The van der Waals surface area contributed by atoms with Crippen molar-refractivity contribution in [1.29, 1.82) is 0 Å². The van der Waals surface area contributed by atoms with Crippen LogP contribution in [0.25, 0.3) is 0 Å². The Hall–Kier alpha value is -2.51. The van der Waals surface area contributed by atoms with Crippen LogP contribution in [-0.4, -0.2) is 70.1 Å². The number of ether oxygens (including phenoxy) is 1. The van der Waals surface area contributed by atoms with Crippen LogP contribution in [0.2, 0.25) is 0 Å². The number of carbonyl (C=O) groups is 1. The van der Waals surface area contributed by atoms with Crippen molar-refractivity contribution < 1.29 is 9.53 Å². The molecule has 4 atom stereocenters. The Morgan fingerprint density at radius 2 is 2.03 bits per heavy atom. The molecule has 6 rings (SSSR count). The first-order chi connectivity index (χ1) is 17.5. The van der Waals surface area contributed by atoms with Gasteiger partial charge in [-0.05, 0) is 76.6 Å². The number of rotatable bonds is 4. The first kappa shape index (κ1) is 23.9. The molecule has 1 aromatic heterocycles. The van der Waals surface area contributed by atoms with E-state index in [9.17, 15) is 4.79 Å². The predicted octanol–water partition coefficient (Wildman–Crippen LogP) is 4.00. The molecule has 0 unspecified atom stereocenters. The quantitative estimate of drug-likeness (QED) is 0.700. The number of anilines is 1. The third-order valence-electron chi connectivity index (χ3n) is 9.06. The van der Waals surface area contributed by atoms with E-state index in [-0.39, 0.29) is 29.4 Å². The van der Waals surface area contributed by atoms with Gasteiger partial charge >= 0.3 is 0 Å². The first-order valence-electron chi connectivity index (χ1n) is 13.8. The Kier molecular flexibility index (Phi) is 6.46. The molecule has 1 N–H and O–H groups in total. The molecule has 7 heteroatoms. The highest BCUT2D eigenvalue weighted by molar-refractivity contribution is 5.80. The third kappa shape index (κ3) is 4.63. The van der Waals surface area contributed by atoms with Crippen LogP contribution in [0.3, 0.4) is 0 Å². The van der Waals surface area contributed by atoms with Gasteiger partial charge in [-0.15, -0.1) is 0 Å². The standard InChI is InChI=1S/C29H39N5O2/c1-20-15-22-17-30-28(31-23-10-14-36-29(16-23)11-6-12-29)32-26(22)19-34(20)27(35)24-9-13-33(2)18-25(24)21-7-4-3-5-8-21/h3-5,7-8,17,20,23-25H,6,9-16,18-19H2,1-2H3,(H,30,31,32)/t20-,23-,24+,25-/m1/s1. The number of carbonyl (C=O) groups excluding carboxylic acids is 1. The minimum Gasteiger partial charge on any atom is -0.375 e. The van der Waals surface area contributed by atoms with Gasteiger partial charge in [0.25, 0.3) is 0 Å². The number of benzene rings is 1. The van der Waals surface area contributed by atoms with Gasteiger partial charge in [0, 0.05) is 43.3 Å². The van der Waals surface area contributed by atoms with Gasteiger partial charge in [-0.1, -0.05) is 30.3 Å². The van der Waals surface area contributed by atoms with Crippen LogP contribution in [0.1, 0.15) is 68.2 Å². The molecule has 7 nitrogen and oxygen atoms in total. The summed E-state index contributed by atoms with van der Waals surface area (Å²) in [5, 5.41) is 3.60. The lowest BCUT2D eigenvalue weighted by Gasteiger charge is -2.47. The molecule has 1 saturated carbocycles. The highest BCUT2D eigenvalue weighted by atomic mass is 16.5. The molecule has 0 bridgehead atoms. The smallest absolute Gasteiger partial charge is 0.227 e. The number of hydrogen-bond donors (Lipinski definition) is 1. The molecule has 192 valence electrons. The fourth-order valence-corrected chi connectivity index (χ4v) is 6.77. The number of nitrogens with one attached hydrogen (secondary N) is 1. The lowest BCUT2D eigenvalue weighted by molar-refractivity contribution is -0.141. The van der Waals surface area contributed by atoms with E-state index in [1.54, 1.807) is 0 Å². The Balaban J connectivity index is 1.18. The Morgan fingerprint density at radius 1 is 1.19 bits per heavy atom. The van der Waals surface area contributed by atoms with Crippen LogP contribution < -0.4 is 5.32 Å². The molecule has 2 saturated heterocycles. The maximum atomic E-state index is 14.0. The molecule has 1 spiro atoms. The number of likely N-dealkylation sites (tertiary alicyclic amines) is 1. The van der Waals surface area contributed by atoms with Crippen molar-refractivity contribution in [2.75, 3.05) is 32.1 Å². The Bertz CT molecular complexity index is 1090. The number of fused-ring (bicyclic) bond motifs is 1. The Labute approximate surface area is 214 Å². The number of aromatic nitrogens is 2. The van der Waals surface area contributed by atoms with Gasteiger partial charge in [0.2, 0.25) is 11.9 Å². The lowest BCUT2D eigenvalue weighted by atomic mass is 9.74. The van der Waals surface area contributed by atoms with E-state index >= 15 is 0 Å².